The van der Waals surface area contributed by atoms with E-state index >= 15 is 0 Å². The Bertz CT molecular complexity index is 457. The predicted octanol–water partition coefficient (Wildman–Crippen LogP) is 3.86. The summed E-state index contributed by atoms with van der Waals surface area (Å²) in [5, 5.41) is 10.3. The van der Waals surface area contributed by atoms with Gasteiger partial charge in [-0.1, -0.05) is 17.7 Å². The average Bonchev–Trinajstić information content (AvgIpc) is 2.60. The molecule has 17 heavy (non-hydrogen) atoms. The maximum absolute atomic E-state index is 11.1. The molecule has 0 spiro atoms. The summed E-state index contributed by atoms with van der Waals surface area (Å²) in [5.41, 5.74) is 0.497. The number of halogens is 1. The Morgan fingerprint density at radius 1 is 1.59 bits per heavy atom. The molecule has 2 nitrogen and oxygen atoms in total. The monoisotopic (exact) mass is 270 g/mol. The molecule has 0 bridgehead atoms. The first-order chi connectivity index (χ1) is 7.90. The molecule has 0 aliphatic carbocycles. The first-order valence-corrected chi connectivity index (χ1v) is 6.83. The Morgan fingerprint density at radius 2 is 2.29 bits per heavy atom. The van der Waals surface area contributed by atoms with Crippen LogP contribution in [0.25, 0.3) is 0 Å². The number of hydrogen-bond donors (Lipinski definition) is 1. The van der Waals surface area contributed by atoms with Crippen LogP contribution in [0.1, 0.15) is 25.8 Å². The van der Waals surface area contributed by atoms with Crippen molar-refractivity contribution in [2.75, 3.05) is 0 Å². The number of carbonyl (C=O) groups is 1. The number of thioether (sulfide) groups is 1. The number of fused-ring (bicyclic) bond motifs is 1. The summed E-state index contributed by atoms with van der Waals surface area (Å²) < 4.78 is 0. The summed E-state index contributed by atoms with van der Waals surface area (Å²) in [6.45, 7) is 3.56. The zero-order valence-electron chi connectivity index (χ0n) is 9.87. The standard InChI is InChI=1S/C13H15ClO2S/c1-13(2,12(15)16)7-8-6-9-10(14)4-3-5-11(9)17-8/h3-5,8H,6-7H2,1-2H3,(H,15,16). The molecule has 0 fully saturated rings. The first kappa shape index (κ1) is 12.8. The van der Waals surface area contributed by atoms with Crippen molar-refractivity contribution < 1.29 is 9.90 Å². The Labute approximate surface area is 110 Å². The fraction of sp³-hybridized carbons (Fsp3) is 0.462. The van der Waals surface area contributed by atoms with Crippen molar-refractivity contribution in [3.05, 3.63) is 28.8 Å². The molecule has 92 valence electrons. The van der Waals surface area contributed by atoms with E-state index in [0.717, 1.165) is 11.4 Å². The number of carboxylic acid groups (broad SMARTS) is 1. The van der Waals surface area contributed by atoms with E-state index in [1.807, 2.05) is 12.1 Å². The molecule has 1 aromatic rings. The largest absolute Gasteiger partial charge is 0.481 e. The molecular formula is C13H15ClO2S. The van der Waals surface area contributed by atoms with Crippen molar-refractivity contribution in [1.29, 1.82) is 0 Å². The van der Waals surface area contributed by atoms with Gasteiger partial charge in [-0.25, -0.2) is 0 Å². The fourth-order valence-corrected chi connectivity index (χ4v) is 3.98. The summed E-state index contributed by atoms with van der Waals surface area (Å²) in [7, 11) is 0. The van der Waals surface area contributed by atoms with E-state index < -0.39 is 11.4 Å². The van der Waals surface area contributed by atoms with Crippen LogP contribution in [0.15, 0.2) is 23.1 Å². The molecule has 1 aromatic carbocycles. The van der Waals surface area contributed by atoms with Crippen LogP contribution in [-0.2, 0) is 11.2 Å². The van der Waals surface area contributed by atoms with Crippen molar-refractivity contribution in [3.63, 3.8) is 0 Å². The van der Waals surface area contributed by atoms with E-state index in [1.165, 1.54) is 10.5 Å². The highest BCUT2D eigenvalue weighted by Gasteiger charge is 2.34. The van der Waals surface area contributed by atoms with E-state index in [9.17, 15) is 4.79 Å². The second-order valence-corrected chi connectivity index (χ2v) is 6.80. The van der Waals surface area contributed by atoms with Gasteiger partial charge in [0.2, 0.25) is 0 Å². The van der Waals surface area contributed by atoms with Crippen LogP contribution in [0.5, 0.6) is 0 Å². The number of carboxylic acids is 1. The molecule has 2 rings (SSSR count). The summed E-state index contributed by atoms with van der Waals surface area (Å²) in [4.78, 5) is 12.3. The highest BCUT2D eigenvalue weighted by molar-refractivity contribution is 8.00. The molecule has 1 heterocycles. The SMILES string of the molecule is CC(C)(CC1Cc2c(Cl)cccc2S1)C(=O)O. The van der Waals surface area contributed by atoms with Gasteiger partial charge in [0.25, 0.3) is 0 Å². The molecule has 1 aliphatic heterocycles. The number of aliphatic carboxylic acids is 1. The van der Waals surface area contributed by atoms with Crippen molar-refractivity contribution in [1.82, 2.24) is 0 Å². The third kappa shape index (κ3) is 2.61. The lowest BCUT2D eigenvalue weighted by Gasteiger charge is -2.22. The van der Waals surface area contributed by atoms with E-state index in [-0.39, 0.29) is 0 Å². The highest BCUT2D eigenvalue weighted by atomic mass is 35.5. The van der Waals surface area contributed by atoms with Crippen LogP contribution < -0.4 is 0 Å². The Kier molecular flexibility index (Phi) is 3.41. The van der Waals surface area contributed by atoms with Gasteiger partial charge in [0.1, 0.15) is 0 Å². The minimum absolute atomic E-state index is 0.316. The third-order valence-electron chi connectivity index (χ3n) is 3.12. The van der Waals surface area contributed by atoms with Gasteiger partial charge >= 0.3 is 5.97 Å². The molecule has 0 radical (unpaired) electrons. The van der Waals surface area contributed by atoms with Gasteiger partial charge in [-0.15, -0.1) is 11.8 Å². The maximum atomic E-state index is 11.1. The molecule has 0 saturated heterocycles. The first-order valence-electron chi connectivity index (χ1n) is 5.57. The van der Waals surface area contributed by atoms with Gasteiger partial charge in [-0.2, -0.15) is 0 Å². The van der Waals surface area contributed by atoms with Gasteiger partial charge in [-0.3, -0.25) is 4.79 Å². The Hall–Kier alpha value is -0.670. The van der Waals surface area contributed by atoms with Gasteiger partial charge in [0, 0.05) is 15.2 Å². The van der Waals surface area contributed by atoms with Crippen LogP contribution in [-0.4, -0.2) is 16.3 Å². The molecule has 1 N–H and O–H groups in total. The molecule has 0 aromatic heterocycles. The second kappa shape index (κ2) is 4.54. The van der Waals surface area contributed by atoms with Crippen LogP contribution in [0, 0.1) is 5.41 Å². The zero-order chi connectivity index (χ0) is 12.6. The quantitative estimate of drug-likeness (QED) is 0.906. The molecule has 1 atom stereocenters. The minimum atomic E-state index is -0.736. The van der Waals surface area contributed by atoms with Crippen LogP contribution in [0.4, 0.5) is 0 Å². The van der Waals surface area contributed by atoms with E-state index in [4.69, 9.17) is 16.7 Å². The fourth-order valence-electron chi connectivity index (χ4n) is 2.07. The van der Waals surface area contributed by atoms with Gasteiger partial charge < -0.3 is 5.11 Å². The van der Waals surface area contributed by atoms with Crippen molar-refractivity contribution in [2.45, 2.75) is 36.8 Å². The molecule has 0 amide bonds. The van der Waals surface area contributed by atoms with Crippen LogP contribution in [0.2, 0.25) is 5.02 Å². The number of hydrogen-bond acceptors (Lipinski definition) is 2. The molecular weight excluding hydrogens is 256 g/mol. The third-order valence-corrected chi connectivity index (χ3v) is 4.78. The molecule has 4 heteroatoms. The van der Waals surface area contributed by atoms with Crippen molar-refractivity contribution >= 4 is 29.3 Å². The lowest BCUT2D eigenvalue weighted by molar-refractivity contribution is -0.147. The van der Waals surface area contributed by atoms with Gasteiger partial charge in [0.15, 0.2) is 0 Å². The molecule has 1 unspecified atom stereocenters. The van der Waals surface area contributed by atoms with E-state index in [2.05, 4.69) is 6.07 Å². The van der Waals surface area contributed by atoms with E-state index in [1.54, 1.807) is 25.6 Å². The maximum Gasteiger partial charge on any atom is 0.309 e. The lowest BCUT2D eigenvalue weighted by Crippen LogP contribution is -2.27. The summed E-state index contributed by atoms with van der Waals surface area (Å²) in [6, 6.07) is 5.89. The van der Waals surface area contributed by atoms with Crippen LogP contribution in [0.3, 0.4) is 0 Å². The average molecular weight is 271 g/mol. The van der Waals surface area contributed by atoms with Crippen molar-refractivity contribution in [3.8, 4) is 0 Å². The summed E-state index contributed by atoms with van der Waals surface area (Å²) >= 11 is 7.89. The normalized spacial score (nSPS) is 19.1. The predicted molar refractivity (Wildman–Crippen MR) is 70.8 cm³/mol. The molecule has 1 aliphatic rings. The van der Waals surface area contributed by atoms with E-state index in [0.29, 0.717) is 11.7 Å². The van der Waals surface area contributed by atoms with Crippen LogP contribution >= 0.6 is 23.4 Å². The number of rotatable bonds is 3. The summed E-state index contributed by atoms with van der Waals surface area (Å²) in [6.07, 6.45) is 1.54. The van der Waals surface area contributed by atoms with Gasteiger partial charge in [-0.05, 0) is 44.4 Å². The molecule has 0 saturated carbocycles. The Morgan fingerprint density at radius 3 is 2.88 bits per heavy atom. The zero-order valence-corrected chi connectivity index (χ0v) is 11.4. The van der Waals surface area contributed by atoms with Crippen molar-refractivity contribution in [2.24, 2.45) is 5.41 Å². The minimum Gasteiger partial charge on any atom is -0.481 e. The lowest BCUT2D eigenvalue weighted by atomic mass is 9.86. The second-order valence-electron chi connectivity index (χ2n) is 5.05. The van der Waals surface area contributed by atoms with Gasteiger partial charge in [0.05, 0.1) is 5.41 Å². The smallest absolute Gasteiger partial charge is 0.309 e. The topological polar surface area (TPSA) is 37.3 Å². The highest BCUT2D eigenvalue weighted by Crippen LogP contribution is 2.44. The summed E-state index contributed by atoms with van der Waals surface area (Å²) in [5.74, 6) is -0.736. The Balaban J connectivity index is 2.11. The number of benzene rings is 1.